The van der Waals surface area contributed by atoms with Gasteiger partial charge >= 0.3 is 0 Å². The highest BCUT2D eigenvalue weighted by atomic mass is 16.7. The van der Waals surface area contributed by atoms with E-state index < -0.39 is 11.4 Å². The lowest BCUT2D eigenvalue weighted by Gasteiger charge is -2.38. The van der Waals surface area contributed by atoms with Crippen molar-refractivity contribution >= 4 is 5.78 Å². The number of carbonyl (C=O) groups is 1. The number of benzene rings is 1. The van der Waals surface area contributed by atoms with Crippen LogP contribution in [0.25, 0.3) is 0 Å². The van der Waals surface area contributed by atoms with Crippen LogP contribution in [0.3, 0.4) is 0 Å². The lowest BCUT2D eigenvalue weighted by Crippen LogP contribution is -2.43. The van der Waals surface area contributed by atoms with Gasteiger partial charge in [0, 0.05) is 5.56 Å². The molecule has 4 heteroatoms. The third-order valence-electron chi connectivity index (χ3n) is 3.83. The van der Waals surface area contributed by atoms with E-state index in [0.29, 0.717) is 17.7 Å². The fraction of sp³-hybridized carbons (Fsp3) is 0.476. The Morgan fingerprint density at radius 2 is 1.92 bits per heavy atom. The van der Waals surface area contributed by atoms with Crippen molar-refractivity contribution in [2.24, 2.45) is 0 Å². The van der Waals surface area contributed by atoms with E-state index in [4.69, 9.17) is 9.47 Å². The maximum absolute atomic E-state index is 12.6. The Balaban J connectivity index is 2.24. The summed E-state index contributed by atoms with van der Waals surface area (Å²) >= 11 is 0. The normalized spacial score (nSPS) is 20.8. The Kier molecular flexibility index (Phi) is 6.20. The van der Waals surface area contributed by atoms with Crippen LogP contribution in [-0.4, -0.2) is 28.9 Å². The Morgan fingerprint density at radius 1 is 1.24 bits per heavy atom. The molecule has 2 rings (SSSR count). The number of ketones is 1. The van der Waals surface area contributed by atoms with Gasteiger partial charge in [0.15, 0.2) is 11.6 Å². The number of carbonyl (C=O) groups excluding carboxylic acids is 1. The molecule has 1 aromatic rings. The van der Waals surface area contributed by atoms with Crippen LogP contribution in [0.4, 0.5) is 0 Å². The fourth-order valence-corrected chi connectivity index (χ4v) is 2.75. The molecule has 0 radical (unpaired) electrons. The molecule has 1 aliphatic carbocycles. The molecule has 1 N–H and O–H groups in total. The van der Waals surface area contributed by atoms with E-state index in [9.17, 15) is 9.90 Å². The maximum Gasteiger partial charge on any atom is 0.196 e. The summed E-state index contributed by atoms with van der Waals surface area (Å²) in [5.41, 5.74) is 0.390. The molecule has 1 unspecified atom stereocenters. The molecule has 136 valence electrons. The highest BCUT2D eigenvalue weighted by molar-refractivity contribution is 6.11. The maximum atomic E-state index is 12.6. The van der Waals surface area contributed by atoms with Crippen LogP contribution in [0.1, 0.15) is 57.3 Å². The molecular weight excluding hydrogens is 316 g/mol. The van der Waals surface area contributed by atoms with Crippen molar-refractivity contribution < 1.29 is 19.4 Å². The van der Waals surface area contributed by atoms with E-state index in [-0.39, 0.29) is 18.0 Å². The number of unbranched alkanes of at least 4 members (excludes halogenated alkanes) is 1. The number of allylic oxidation sites excluding steroid dienone is 2. The predicted molar refractivity (Wildman–Crippen MR) is 98.6 cm³/mol. The van der Waals surface area contributed by atoms with Crippen LogP contribution in [0, 0.1) is 0 Å². The molecule has 4 nitrogen and oxygen atoms in total. The van der Waals surface area contributed by atoms with Gasteiger partial charge in [-0.1, -0.05) is 43.7 Å². The van der Waals surface area contributed by atoms with Gasteiger partial charge in [-0.05, 0) is 39.3 Å². The lowest BCUT2D eigenvalue weighted by atomic mass is 9.93. The minimum absolute atomic E-state index is 0.00268. The Bertz CT molecular complexity index is 652. The van der Waals surface area contributed by atoms with Crippen LogP contribution in [-0.2, 0) is 9.47 Å². The summed E-state index contributed by atoms with van der Waals surface area (Å²) in [6.07, 6.45) is 5.41. The molecule has 0 saturated heterocycles. The Morgan fingerprint density at radius 3 is 2.48 bits per heavy atom. The number of aliphatic hydroxyl groups is 1. The fourth-order valence-electron chi connectivity index (χ4n) is 2.75. The van der Waals surface area contributed by atoms with Gasteiger partial charge in [-0.2, -0.15) is 0 Å². The molecule has 25 heavy (non-hydrogen) atoms. The molecule has 1 aliphatic rings. The summed E-state index contributed by atoms with van der Waals surface area (Å²) in [7, 11) is 0. The van der Waals surface area contributed by atoms with E-state index in [1.54, 1.807) is 36.4 Å². The van der Waals surface area contributed by atoms with Crippen LogP contribution < -0.4 is 0 Å². The standard InChI is InChI=1S/C21H28O4/c1-5-6-14-24-21(25-20(2,3)4)13-12-17(18(22)15-21)19(23)16-10-8-7-9-11-16/h7-13,22H,5-6,14-15H2,1-4H3. The second kappa shape index (κ2) is 7.98. The Hall–Kier alpha value is -1.91. The molecule has 1 atom stereocenters. The van der Waals surface area contributed by atoms with Crippen LogP contribution >= 0.6 is 0 Å². The number of hydrogen-bond acceptors (Lipinski definition) is 4. The van der Waals surface area contributed by atoms with Crippen LogP contribution in [0.5, 0.6) is 0 Å². The number of ether oxygens (including phenoxy) is 2. The third kappa shape index (κ3) is 5.28. The lowest BCUT2D eigenvalue weighted by molar-refractivity contribution is -0.252. The van der Waals surface area contributed by atoms with Gasteiger partial charge in [0.1, 0.15) is 5.76 Å². The second-order valence-corrected chi connectivity index (χ2v) is 7.29. The smallest absolute Gasteiger partial charge is 0.196 e. The average Bonchev–Trinajstić information content (AvgIpc) is 2.54. The average molecular weight is 344 g/mol. The summed E-state index contributed by atoms with van der Waals surface area (Å²) in [6.45, 7) is 8.45. The van der Waals surface area contributed by atoms with E-state index in [0.717, 1.165) is 12.8 Å². The van der Waals surface area contributed by atoms with Gasteiger partial charge in [0.25, 0.3) is 0 Å². The molecule has 0 saturated carbocycles. The van der Waals surface area contributed by atoms with Crippen molar-refractivity contribution in [2.45, 2.75) is 58.3 Å². The predicted octanol–water partition coefficient (Wildman–Crippen LogP) is 4.97. The molecule has 0 aromatic heterocycles. The summed E-state index contributed by atoms with van der Waals surface area (Å²) in [5.74, 6) is -1.25. The highest BCUT2D eigenvalue weighted by Crippen LogP contribution is 2.35. The zero-order chi connectivity index (χ0) is 18.5. The first kappa shape index (κ1) is 19.4. The number of aliphatic hydroxyl groups excluding tert-OH is 1. The third-order valence-corrected chi connectivity index (χ3v) is 3.83. The first-order valence-corrected chi connectivity index (χ1v) is 8.81. The molecule has 0 aliphatic heterocycles. The van der Waals surface area contributed by atoms with Crippen molar-refractivity contribution in [3.63, 3.8) is 0 Å². The van der Waals surface area contributed by atoms with Crippen molar-refractivity contribution in [2.75, 3.05) is 6.61 Å². The minimum atomic E-state index is -1.04. The number of hydrogen-bond donors (Lipinski definition) is 1. The summed E-state index contributed by atoms with van der Waals surface area (Å²) < 4.78 is 12.1. The van der Waals surface area contributed by atoms with Gasteiger partial charge in [0.2, 0.25) is 0 Å². The largest absolute Gasteiger partial charge is 0.511 e. The molecule has 0 fully saturated rings. The highest BCUT2D eigenvalue weighted by Gasteiger charge is 2.39. The summed E-state index contributed by atoms with van der Waals surface area (Å²) in [4.78, 5) is 12.6. The van der Waals surface area contributed by atoms with Crippen molar-refractivity contribution in [1.29, 1.82) is 0 Å². The van der Waals surface area contributed by atoms with Crippen molar-refractivity contribution in [3.05, 3.63) is 59.4 Å². The molecule has 0 heterocycles. The van der Waals surface area contributed by atoms with Crippen molar-refractivity contribution in [3.8, 4) is 0 Å². The first-order chi connectivity index (χ1) is 11.8. The van der Waals surface area contributed by atoms with E-state index in [1.165, 1.54) is 0 Å². The van der Waals surface area contributed by atoms with Gasteiger partial charge in [-0.3, -0.25) is 4.79 Å². The number of rotatable bonds is 7. The summed E-state index contributed by atoms with van der Waals surface area (Å²) in [6, 6.07) is 8.94. The minimum Gasteiger partial charge on any atom is -0.511 e. The van der Waals surface area contributed by atoms with Crippen molar-refractivity contribution in [1.82, 2.24) is 0 Å². The zero-order valence-electron chi connectivity index (χ0n) is 15.5. The van der Waals surface area contributed by atoms with Crippen LogP contribution in [0.2, 0.25) is 0 Å². The summed E-state index contributed by atoms with van der Waals surface area (Å²) in [5, 5.41) is 10.5. The second-order valence-electron chi connectivity index (χ2n) is 7.29. The molecule has 0 spiro atoms. The van der Waals surface area contributed by atoms with Gasteiger partial charge in [-0.15, -0.1) is 0 Å². The molecule has 0 amide bonds. The molecular formula is C21H28O4. The van der Waals surface area contributed by atoms with E-state index in [2.05, 4.69) is 6.92 Å². The van der Waals surface area contributed by atoms with E-state index in [1.807, 2.05) is 26.8 Å². The monoisotopic (exact) mass is 344 g/mol. The SMILES string of the molecule is CCCCOC1(OC(C)(C)C)C=CC(C(=O)c2ccccc2)=C(O)C1. The van der Waals surface area contributed by atoms with Crippen LogP contribution in [0.15, 0.2) is 53.8 Å². The topological polar surface area (TPSA) is 55.8 Å². The zero-order valence-corrected chi connectivity index (χ0v) is 15.5. The molecule has 0 bridgehead atoms. The Labute approximate surface area is 150 Å². The molecule has 1 aromatic carbocycles. The van der Waals surface area contributed by atoms with Gasteiger partial charge in [0.05, 0.1) is 24.2 Å². The quantitative estimate of drug-likeness (QED) is 0.431. The number of Topliss-reactive ketones (excluding diaryl/α,β-unsaturated/α-hetero) is 1. The first-order valence-electron chi connectivity index (χ1n) is 8.81. The van der Waals surface area contributed by atoms with E-state index >= 15 is 0 Å². The van der Waals surface area contributed by atoms with Gasteiger partial charge in [-0.25, -0.2) is 0 Å². The van der Waals surface area contributed by atoms with Gasteiger partial charge < -0.3 is 14.6 Å².